The molecule has 7 nitrogen and oxygen atoms in total. The lowest BCUT2D eigenvalue weighted by molar-refractivity contribution is -0.384. The fourth-order valence-electron chi connectivity index (χ4n) is 2.03. The van der Waals surface area contributed by atoms with Crippen LogP contribution < -0.4 is 4.90 Å². The zero-order chi connectivity index (χ0) is 14.0. The molecule has 1 heterocycles. The van der Waals surface area contributed by atoms with Gasteiger partial charge >= 0.3 is 11.7 Å². The highest BCUT2D eigenvalue weighted by atomic mass is 32.2. The second kappa shape index (κ2) is 5.35. The van der Waals surface area contributed by atoms with Crippen LogP contribution in [0.25, 0.3) is 0 Å². The molecule has 0 unspecified atom stereocenters. The third-order valence-corrected chi connectivity index (χ3v) is 4.22. The molecule has 1 aliphatic heterocycles. The fraction of sp³-hybridized carbons (Fsp3) is 0.364. The average molecular weight is 284 g/mol. The number of nitro groups is 1. The summed E-state index contributed by atoms with van der Waals surface area (Å²) in [7, 11) is -0.894. The minimum atomic E-state index is -1.32. The van der Waals surface area contributed by atoms with Crippen molar-refractivity contribution in [1.29, 1.82) is 0 Å². The smallest absolute Gasteiger partial charge is 0.342 e. The molecule has 1 aromatic carbocycles. The SMILES string of the molecule is O=C(O)c1cccc(N2CCS(=O)CC2)c1[N+](=O)[O-]. The molecule has 1 aromatic rings. The molecule has 2 rings (SSSR count). The van der Waals surface area contributed by atoms with E-state index in [1.807, 2.05) is 0 Å². The highest BCUT2D eigenvalue weighted by molar-refractivity contribution is 7.85. The van der Waals surface area contributed by atoms with Crippen LogP contribution in [0.5, 0.6) is 0 Å². The van der Waals surface area contributed by atoms with Crippen molar-refractivity contribution in [2.24, 2.45) is 0 Å². The van der Waals surface area contributed by atoms with E-state index >= 15 is 0 Å². The summed E-state index contributed by atoms with van der Waals surface area (Å²) in [6.07, 6.45) is 0. The summed E-state index contributed by atoms with van der Waals surface area (Å²) in [5, 5.41) is 20.1. The summed E-state index contributed by atoms with van der Waals surface area (Å²) in [6.45, 7) is 0.854. The highest BCUT2D eigenvalue weighted by Gasteiger charge is 2.28. The van der Waals surface area contributed by atoms with Crippen molar-refractivity contribution in [2.45, 2.75) is 0 Å². The quantitative estimate of drug-likeness (QED) is 0.652. The molecule has 1 fully saturated rings. The molecule has 0 aliphatic carbocycles. The van der Waals surface area contributed by atoms with Gasteiger partial charge in [0.1, 0.15) is 11.3 Å². The Morgan fingerprint density at radius 1 is 1.37 bits per heavy atom. The van der Waals surface area contributed by atoms with Gasteiger partial charge in [0.05, 0.1) is 4.92 Å². The Bertz CT molecular complexity index is 550. The molecule has 0 amide bonds. The summed E-state index contributed by atoms with van der Waals surface area (Å²) >= 11 is 0. The summed E-state index contributed by atoms with van der Waals surface area (Å²) < 4.78 is 11.3. The molecule has 0 radical (unpaired) electrons. The zero-order valence-electron chi connectivity index (χ0n) is 9.94. The van der Waals surface area contributed by atoms with E-state index in [0.29, 0.717) is 24.6 Å². The van der Waals surface area contributed by atoms with Crippen molar-refractivity contribution < 1.29 is 19.0 Å². The van der Waals surface area contributed by atoms with Crippen LogP contribution in [0, 0.1) is 10.1 Å². The second-order valence-electron chi connectivity index (χ2n) is 4.07. The van der Waals surface area contributed by atoms with Crippen LogP contribution in [0.2, 0.25) is 0 Å². The van der Waals surface area contributed by atoms with E-state index in [9.17, 15) is 19.1 Å². The number of carboxylic acid groups (broad SMARTS) is 1. The Morgan fingerprint density at radius 3 is 2.53 bits per heavy atom. The third kappa shape index (κ3) is 2.73. The summed E-state index contributed by atoms with van der Waals surface area (Å²) in [6, 6.07) is 4.22. The minimum Gasteiger partial charge on any atom is -0.477 e. The zero-order valence-corrected chi connectivity index (χ0v) is 10.8. The lowest BCUT2D eigenvalue weighted by Gasteiger charge is -2.28. The minimum absolute atomic E-state index is 0.279. The lowest BCUT2D eigenvalue weighted by atomic mass is 10.1. The molecule has 0 bridgehead atoms. The van der Waals surface area contributed by atoms with Crippen LogP contribution in [0.4, 0.5) is 11.4 Å². The van der Waals surface area contributed by atoms with Crippen LogP contribution in [-0.2, 0) is 10.8 Å². The van der Waals surface area contributed by atoms with Gasteiger partial charge in [0.2, 0.25) is 0 Å². The largest absolute Gasteiger partial charge is 0.477 e. The number of rotatable bonds is 3. The first-order chi connectivity index (χ1) is 9.00. The summed E-state index contributed by atoms with van der Waals surface area (Å²) in [5.74, 6) is -0.447. The van der Waals surface area contributed by atoms with Gasteiger partial charge in [-0.3, -0.25) is 14.3 Å². The Labute approximate surface area is 111 Å². The van der Waals surface area contributed by atoms with E-state index in [1.165, 1.54) is 18.2 Å². The maximum atomic E-state index is 11.3. The first-order valence-corrected chi connectivity index (χ1v) is 7.10. The first kappa shape index (κ1) is 13.5. The Balaban J connectivity index is 2.45. The molecule has 0 aromatic heterocycles. The van der Waals surface area contributed by atoms with Gasteiger partial charge in [-0.15, -0.1) is 0 Å². The maximum Gasteiger partial charge on any atom is 0.342 e. The molecule has 0 atom stereocenters. The topological polar surface area (TPSA) is 101 Å². The van der Waals surface area contributed by atoms with Crippen LogP contribution in [0.1, 0.15) is 10.4 Å². The monoisotopic (exact) mass is 284 g/mol. The third-order valence-electron chi connectivity index (χ3n) is 2.95. The van der Waals surface area contributed by atoms with Crippen LogP contribution in [0.15, 0.2) is 18.2 Å². The van der Waals surface area contributed by atoms with Crippen molar-refractivity contribution in [1.82, 2.24) is 0 Å². The molecule has 0 saturated carbocycles. The van der Waals surface area contributed by atoms with Gasteiger partial charge in [-0.25, -0.2) is 4.79 Å². The van der Waals surface area contributed by atoms with Gasteiger partial charge in [0, 0.05) is 35.4 Å². The van der Waals surface area contributed by atoms with E-state index < -0.39 is 27.4 Å². The number of anilines is 1. The Kier molecular flexibility index (Phi) is 3.79. The molecule has 1 saturated heterocycles. The highest BCUT2D eigenvalue weighted by Crippen LogP contribution is 2.32. The maximum absolute atomic E-state index is 11.3. The Hall–Kier alpha value is -1.96. The number of hydrogen-bond donors (Lipinski definition) is 1. The number of nitro benzene ring substituents is 1. The lowest BCUT2D eigenvalue weighted by Crippen LogP contribution is -2.38. The molecule has 8 heteroatoms. The van der Waals surface area contributed by atoms with Crippen molar-refractivity contribution in [2.75, 3.05) is 29.5 Å². The van der Waals surface area contributed by atoms with Crippen LogP contribution in [-0.4, -0.2) is 44.8 Å². The molecule has 0 spiro atoms. The average Bonchev–Trinajstić information content (AvgIpc) is 2.38. The number of benzene rings is 1. The van der Waals surface area contributed by atoms with E-state index in [4.69, 9.17) is 5.11 Å². The van der Waals surface area contributed by atoms with Crippen molar-refractivity contribution in [3.8, 4) is 0 Å². The Morgan fingerprint density at radius 2 is 2.00 bits per heavy atom. The van der Waals surface area contributed by atoms with Gasteiger partial charge in [-0.2, -0.15) is 0 Å². The molecular formula is C11H12N2O5S. The number of aromatic carboxylic acids is 1. The van der Waals surface area contributed by atoms with Crippen LogP contribution >= 0.6 is 0 Å². The first-order valence-electron chi connectivity index (χ1n) is 5.61. The molecule has 102 valence electrons. The van der Waals surface area contributed by atoms with Crippen LogP contribution in [0.3, 0.4) is 0 Å². The molecule has 1 N–H and O–H groups in total. The number of hydrogen-bond acceptors (Lipinski definition) is 5. The van der Waals surface area contributed by atoms with Crippen molar-refractivity contribution >= 4 is 28.1 Å². The van der Waals surface area contributed by atoms with Gasteiger partial charge in [-0.1, -0.05) is 6.07 Å². The number of carbonyl (C=O) groups is 1. The normalized spacial score (nSPS) is 16.3. The van der Waals surface area contributed by atoms with E-state index in [0.717, 1.165) is 0 Å². The van der Waals surface area contributed by atoms with E-state index in [-0.39, 0.29) is 11.3 Å². The van der Waals surface area contributed by atoms with Crippen molar-refractivity contribution in [3.05, 3.63) is 33.9 Å². The molecule has 19 heavy (non-hydrogen) atoms. The van der Waals surface area contributed by atoms with Gasteiger partial charge in [-0.05, 0) is 12.1 Å². The molecular weight excluding hydrogens is 272 g/mol. The van der Waals surface area contributed by atoms with Crippen molar-refractivity contribution in [3.63, 3.8) is 0 Å². The predicted molar refractivity (Wildman–Crippen MR) is 70.1 cm³/mol. The summed E-state index contributed by atoms with van der Waals surface area (Å²) in [5.41, 5.74) is -0.446. The standard InChI is InChI=1S/C11H12N2O5S/c14-11(15)8-2-1-3-9(10(8)13(16)17)12-4-6-19(18)7-5-12/h1-3H,4-7H2,(H,14,15). The molecule has 1 aliphatic rings. The van der Waals surface area contributed by atoms with E-state index in [1.54, 1.807) is 4.90 Å². The second-order valence-corrected chi connectivity index (χ2v) is 5.77. The predicted octanol–water partition coefficient (Wildman–Crippen LogP) is 0.862. The number of carboxylic acids is 1. The van der Waals surface area contributed by atoms with Gasteiger partial charge < -0.3 is 10.0 Å². The fourth-order valence-corrected chi connectivity index (χ4v) is 3.08. The van der Waals surface area contributed by atoms with Gasteiger partial charge in [0.25, 0.3) is 0 Å². The number of nitrogens with zero attached hydrogens (tertiary/aromatic N) is 2. The summed E-state index contributed by atoms with van der Waals surface area (Å²) in [4.78, 5) is 23.2. The number of para-hydroxylation sites is 1. The van der Waals surface area contributed by atoms with E-state index in [2.05, 4.69) is 0 Å². The van der Waals surface area contributed by atoms with Gasteiger partial charge in [0.15, 0.2) is 0 Å².